The van der Waals surface area contributed by atoms with E-state index in [2.05, 4.69) is 24.1 Å². The minimum Gasteiger partial charge on any atom is -0.483 e. The van der Waals surface area contributed by atoms with Gasteiger partial charge in [0.25, 0.3) is 11.8 Å². The van der Waals surface area contributed by atoms with Crippen molar-refractivity contribution >= 4 is 11.8 Å². The molecule has 1 heterocycles. The molecule has 2 rings (SSSR count). The lowest BCUT2D eigenvalue weighted by Crippen LogP contribution is -2.35. The first kappa shape index (κ1) is 23.2. The Labute approximate surface area is 175 Å². The first-order chi connectivity index (χ1) is 14.2. The molecule has 1 aliphatic heterocycles. The van der Waals surface area contributed by atoms with Crippen molar-refractivity contribution in [1.29, 1.82) is 0 Å². The van der Waals surface area contributed by atoms with Crippen molar-refractivity contribution in [2.45, 2.75) is 52.4 Å². The highest BCUT2D eigenvalue weighted by Gasteiger charge is 2.18. The Kier molecular flexibility index (Phi) is 10.6. The van der Waals surface area contributed by atoms with Crippen LogP contribution in [-0.4, -0.2) is 67.5 Å². The number of carbonyl (C=O) groups excluding carboxylic acids is 2. The molecule has 1 saturated heterocycles. The van der Waals surface area contributed by atoms with E-state index >= 15 is 0 Å². The number of carbonyl (C=O) groups is 2. The third kappa shape index (κ3) is 8.05. The lowest BCUT2D eigenvalue weighted by Gasteiger charge is -2.20. The third-order valence-electron chi connectivity index (χ3n) is 5.52. The number of para-hydroxylation sites is 1. The normalized spacial score (nSPS) is 14.5. The molecule has 0 unspecified atom stereocenters. The van der Waals surface area contributed by atoms with E-state index in [9.17, 15) is 9.59 Å². The molecule has 1 N–H and O–H groups in total. The van der Waals surface area contributed by atoms with Crippen LogP contribution in [0, 0.1) is 0 Å². The summed E-state index contributed by atoms with van der Waals surface area (Å²) in [7, 11) is 0. The first-order valence-corrected chi connectivity index (χ1v) is 11.2. The second-order valence-electron chi connectivity index (χ2n) is 7.57. The molecular weight excluding hydrogens is 366 g/mol. The minimum absolute atomic E-state index is 0.00138. The molecule has 0 bridgehead atoms. The van der Waals surface area contributed by atoms with Gasteiger partial charge in [-0.3, -0.25) is 9.59 Å². The Morgan fingerprint density at radius 1 is 1.03 bits per heavy atom. The maximum atomic E-state index is 12.6. The zero-order chi connectivity index (χ0) is 20.9. The van der Waals surface area contributed by atoms with Gasteiger partial charge in [0, 0.05) is 19.6 Å². The van der Waals surface area contributed by atoms with Crippen molar-refractivity contribution in [1.82, 2.24) is 15.1 Å². The highest BCUT2D eigenvalue weighted by Crippen LogP contribution is 2.18. The summed E-state index contributed by atoms with van der Waals surface area (Å²) in [5.41, 5.74) is 0.486. The molecule has 29 heavy (non-hydrogen) atoms. The van der Waals surface area contributed by atoms with Gasteiger partial charge >= 0.3 is 0 Å². The van der Waals surface area contributed by atoms with Gasteiger partial charge < -0.3 is 19.9 Å². The SMILES string of the molecule is CCN(CC)CCCCNC(=O)c1ccccc1OCC(=O)N1CCCCCC1. The van der Waals surface area contributed by atoms with Gasteiger partial charge in [0.05, 0.1) is 5.56 Å². The Bertz CT molecular complexity index is 624. The van der Waals surface area contributed by atoms with E-state index in [1.807, 2.05) is 17.0 Å². The maximum Gasteiger partial charge on any atom is 0.260 e. The molecular formula is C23H37N3O3. The molecule has 0 saturated carbocycles. The molecule has 1 aliphatic rings. The lowest BCUT2D eigenvalue weighted by atomic mass is 10.2. The van der Waals surface area contributed by atoms with E-state index < -0.39 is 0 Å². The van der Waals surface area contributed by atoms with Gasteiger partial charge in [0.2, 0.25) is 0 Å². The van der Waals surface area contributed by atoms with Gasteiger partial charge in [-0.05, 0) is 57.5 Å². The van der Waals surface area contributed by atoms with Crippen molar-refractivity contribution in [2.24, 2.45) is 0 Å². The fourth-order valence-corrected chi connectivity index (χ4v) is 3.63. The number of ether oxygens (including phenoxy) is 1. The van der Waals surface area contributed by atoms with Crippen LogP contribution in [0.2, 0.25) is 0 Å². The zero-order valence-electron chi connectivity index (χ0n) is 18.1. The van der Waals surface area contributed by atoms with Gasteiger partial charge in [0.15, 0.2) is 6.61 Å². The highest BCUT2D eigenvalue weighted by atomic mass is 16.5. The number of hydrogen-bond donors (Lipinski definition) is 1. The predicted molar refractivity (Wildman–Crippen MR) is 116 cm³/mol. The summed E-state index contributed by atoms with van der Waals surface area (Å²) in [4.78, 5) is 29.3. The molecule has 6 heteroatoms. The largest absolute Gasteiger partial charge is 0.483 e. The molecule has 1 aromatic rings. The van der Waals surface area contributed by atoms with Crippen LogP contribution in [0.25, 0.3) is 0 Å². The highest BCUT2D eigenvalue weighted by molar-refractivity contribution is 5.97. The monoisotopic (exact) mass is 403 g/mol. The number of rotatable bonds is 11. The van der Waals surface area contributed by atoms with Gasteiger partial charge in [0.1, 0.15) is 5.75 Å². The maximum absolute atomic E-state index is 12.6. The number of nitrogens with zero attached hydrogens (tertiary/aromatic N) is 2. The van der Waals surface area contributed by atoms with Crippen LogP contribution >= 0.6 is 0 Å². The Morgan fingerprint density at radius 3 is 2.41 bits per heavy atom. The number of nitrogens with one attached hydrogen (secondary N) is 1. The number of amides is 2. The van der Waals surface area contributed by atoms with Crippen LogP contribution in [0.3, 0.4) is 0 Å². The average molecular weight is 404 g/mol. The molecule has 0 radical (unpaired) electrons. The Balaban J connectivity index is 1.79. The number of benzene rings is 1. The molecule has 6 nitrogen and oxygen atoms in total. The summed E-state index contributed by atoms with van der Waals surface area (Å²) in [5, 5.41) is 2.98. The standard InChI is InChI=1S/C23H37N3O3/c1-3-25(4-2)16-12-9-15-24-23(28)20-13-7-8-14-21(20)29-19-22(27)26-17-10-5-6-11-18-26/h7-8,13-14H,3-6,9-12,15-19H2,1-2H3,(H,24,28). The van der Waals surface area contributed by atoms with Crippen LogP contribution < -0.4 is 10.1 Å². The number of likely N-dealkylation sites (tertiary alicyclic amines) is 1. The van der Waals surface area contributed by atoms with E-state index in [1.165, 1.54) is 12.8 Å². The Morgan fingerprint density at radius 2 is 1.72 bits per heavy atom. The quantitative estimate of drug-likeness (QED) is 0.576. The Hall–Kier alpha value is -2.08. The van der Waals surface area contributed by atoms with Crippen LogP contribution in [-0.2, 0) is 4.79 Å². The van der Waals surface area contributed by atoms with Crippen molar-refractivity contribution in [2.75, 3.05) is 45.9 Å². The molecule has 0 atom stereocenters. The summed E-state index contributed by atoms with van der Waals surface area (Å²) in [6, 6.07) is 7.15. The molecule has 1 aromatic carbocycles. The lowest BCUT2D eigenvalue weighted by molar-refractivity contribution is -0.133. The fraction of sp³-hybridized carbons (Fsp3) is 0.652. The van der Waals surface area contributed by atoms with Crippen molar-refractivity contribution in [3.05, 3.63) is 29.8 Å². The van der Waals surface area contributed by atoms with E-state index in [0.717, 1.165) is 58.4 Å². The second kappa shape index (κ2) is 13.2. The zero-order valence-corrected chi connectivity index (χ0v) is 18.1. The molecule has 162 valence electrons. The van der Waals surface area contributed by atoms with Crippen LogP contribution in [0.15, 0.2) is 24.3 Å². The average Bonchev–Trinajstić information content (AvgIpc) is 3.04. The van der Waals surface area contributed by atoms with Crippen LogP contribution in [0.1, 0.15) is 62.7 Å². The smallest absolute Gasteiger partial charge is 0.260 e. The van der Waals surface area contributed by atoms with Crippen LogP contribution in [0.5, 0.6) is 5.75 Å². The van der Waals surface area contributed by atoms with E-state index in [0.29, 0.717) is 17.9 Å². The molecule has 2 amide bonds. The molecule has 0 spiro atoms. The van der Waals surface area contributed by atoms with Gasteiger partial charge in [-0.25, -0.2) is 0 Å². The predicted octanol–water partition coefficient (Wildman–Crippen LogP) is 3.32. The van der Waals surface area contributed by atoms with E-state index in [1.54, 1.807) is 12.1 Å². The first-order valence-electron chi connectivity index (χ1n) is 11.2. The summed E-state index contributed by atoms with van der Waals surface area (Å²) < 4.78 is 5.74. The van der Waals surface area contributed by atoms with E-state index in [-0.39, 0.29) is 18.4 Å². The van der Waals surface area contributed by atoms with Gasteiger partial charge in [-0.2, -0.15) is 0 Å². The summed E-state index contributed by atoms with van der Waals surface area (Å²) in [5.74, 6) is 0.320. The number of hydrogen-bond acceptors (Lipinski definition) is 4. The fourth-order valence-electron chi connectivity index (χ4n) is 3.63. The summed E-state index contributed by atoms with van der Waals surface area (Å²) >= 11 is 0. The molecule has 0 aliphatic carbocycles. The number of unbranched alkanes of at least 4 members (excludes halogenated alkanes) is 1. The topological polar surface area (TPSA) is 61.9 Å². The van der Waals surface area contributed by atoms with Crippen LogP contribution in [0.4, 0.5) is 0 Å². The van der Waals surface area contributed by atoms with Gasteiger partial charge in [-0.1, -0.05) is 38.8 Å². The van der Waals surface area contributed by atoms with Crippen molar-refractivity contribution < 1.29 is 14.3 Å². The molecule has 0 aromatic heterocycles. The second-order valence-corrected chi connectivity index (χ2v) is 7.57. The van der Waals surface area contributed by atoms with Crippen molar-refractivity contribution in [3.63, 3.8) is 0 Å². The third-order valence-corrected chi connectivity index (χ3v) is 5.52. The van der Waals surface area contributed by atoms with E-state index in [4.69, 9.17) is 4.74 Å². The summed E-state index contributed by atoms with van der Waals surface area (Å²) in [6.07, 6.45) is 6.48. The van der Waals surface area contributed by atoms with Crippen molar-refractivity contribution in [3.8, 4) is 5.75 Å². The summed E-state index contributed by atoms with van der Waals surface area (Å²) in [6.45, 7) is 9.74. The van der Waals surface area contributed by atoms with Gasteiger partial charge in [-0.15, -0.1) is 0 Å². The molecule has 1 fully saturated rings. The minimum atomic E-state index is -0.148.